The third kappa shape index (κ3) is 8.02. The van der Waals surface area contributed by atoms with Gasteiger partial charge in [0.05, 0.1) is 44.5 Å². The Balaban J connectivity index is 0.791. The standard InChI is InChI=1S/C91H58N4O2/c1-3-23-68-72-35-21-39-76(90(72)96-80(68)4-2)92(62-28-13-7-14-29-62)64-48-42-56(43-49-64)60-46-52-66-70-33-19-37-74-84-83(59-26-11-6-12-27-59)89-85(82(58-24-9-5-10-25-58)88(84)94(86(70)74)78(66)54-60)75-38-20-34-71-67-53-47-61(55-79(67)95(89)87(71)75)57-44-50-65(51-45-57)93(63-30-15-8-16-31-63)77-40-22-36-73-69-32-17-18-41-81(69)97-91(73)77/h3-55H,2H2,1H3/b23-3-. The Morgan fingerprint density at radius 2 is 0.722 bits per heavy atom. The molecule has 0 atom stereocenters. The first-order valence-corrected chi connectivity index (χ1v) is 33.2. The fraction of sp³-hybridized carbons (Fsp3) is 0.0110. The van der Waals surface area contributed by atoms with Gasteiger partial charge in [-0.3, -0.25) is 0 Å². The van der Waals surface area contributed by atoms with Gasteiger partial charge in [-0.05, 0) is 125 Å². The third-order valence-electron chi connectivity index (χ3n) is 20.2. The molecular weight excluding hydrogens is 1180 g/mol. The minimum atomic E-state index is 0.753. The lowest BCUT2D eigenvalue weighted by Crippen LogP contribution is -2.10. The van der Waals surface area contributed by atoms with Crippen LogP contribution >= 0.6 is 0 Å². The molecule has 0 saturated carbocycles. The summed E-state index contributed by atoms with van der Waals surface area (Å²) < 4.78 is 18.6. The second-order valence-corrected chi connectivity index (χ2v) is 25.4. The van der Waals surface area contributed by atoms with Crippen molar-refractivity contribution in [3.63, 3.8) is 0 Å². The van der Waals surface area contributed by atoms with Crippen LogP contribution in [0.1, 0.15) is 18.2 Å². The largest absolute Gasteiger partial charge is 0.454 e. The monoisotopic (exact) mass is 1240 g/mol. The first-order valence-electron chi connectivity index (χ1n) is 33.2. The number of rotatable bonds is 12. The summed E-state index contributed by atoms with van der Waals surface area (Å²) in [5, 5.41) is 13.1. The van der Waals surface area contributed by atoms with Gasteiger partial charge in [0.25, 0.3) is 0 Å². The zero-order chi connectivity index (χ0) is 64.0. The van der Waals surface area contributed by atoms with Crippen molar-refractivity contribution < 1.29 is 8.83 Å². The van der Waals surface area contributed by atoms with E-state index in [1.165, 1.54) is 98.4 Å². The first kappa shape index (κ1) is 54.6. The number of hydrogen-bond donors (Lipinski definition) is 0. The van der Waals surface area contributed by atoms with Gasteiger partial charge in [-0.1, -0.05) is 243 Å². The van der Waals surface area contributed by atoms with Gasteiger partial charge in [-0.2, -0.15) is 0 Å². The Bertz CT molecular complexity index is 6560. The fourth-order valence-corrected chi connectivity index (χ4v) is 16.2. The van der Waals surface area contributed by atoms with Crippen molar-refractivity contribution in [1.82, 2.24) is 8.80 Å². The van der Waals surface area contributed by atoms with Crippen LogP contribution in [-0.2, 0) is 0 Å². The van der Waals surface area contributed by atoms with Gasteiger partial charge in [-0.25, -0.2) is 0 Å². The second kappa shape index (κ2) is 21.3. The normalized spacial score (nSPS) is 12.2. The SMILES string of the molecule is C=Cc1oc2c(N(c3ccccc3)c3ccc(-c4ccc5c6cccc7c8c(-c9ccccc9)c9c(c(-c%10ccccc%10)c8n(c5c4)c67)c4cccc5c6ccc(-c7ccc(N(c8ccccc8)c8cccc%10c8oc8ccccc8%10)cc7)cc6n9c54)cc3)cccc2c1/C=C\C. The van der Waals surface area contributed by atoms with Gasteiger partial charge in [0.1, 0.15) is 11.3 Å². The van der Waals surface area contributed by atoms with Gasteiger partial charge < -0.3 is 27.4 Å². The lowest BCUT2D eigenvalue weighted by Gasteiger charge is -2.25. The number of benzene rings is 14. The molecule has 0 aliphatic heterocycles. The summed E-state index contributed by atoms with van der Waals surface area (Å²) in [6, 6.07) is 111. The Morgan fingerprint density at radius 3 is 1.22 bits per heavy atom. The van der Waals surface area contributed by atoms with E-state index in [4.69, 9.17) is 8.83 Å². The summed E-state index contributed by atoms with van der Waals surface area (Å²) in [7, 11) is 0. The molecule has 14 aromatic carbocycles. The highest BCUT2D eigenvalue weighted by atomic mass is 16.3. The summed E-state index contributed by atoms with van der Waals surface area (Å²) in [6.07, 6.45) is 5.96. The second-order valence-electron chi connectivity index (χ2n) is 25.4. The highest BCUT2D eigenvalue weighted by molar-refractivity contribution is 6.38. The van der Waals surface area contributed by atoms with Crippen molar-refractivity contribution >= 4 is 155 Å². The van der Waals surface area contributed by atoms with Crippen molar-refractivity contribution in [2.75, 3.05) is 9.80 Å². The van der Waals surface area contributed by atoms with Crippen molar-refractivity contribution in [3.05, 3.63) is 327 Å². The summed E-state index contributed by atoms with van der Waals surface area (Å²) >= 11 is 0. The van der Waals surface area contributed by atoms with Crippen LogP contribution < -0.4 is 9.80 Å². The average molecular weight is 1240 g/mol. The Hall–Kier alpha value is -12.9. The summed E-state index contributed by atoms with van der Waals surface area (Å²) in [6.45, 7) is 6.15. The molecule has 0 radical (unpaired) electrons. The van der Waals surface area contributed by atoms with E-state index in [1.807, 2.05) is 13.0 Å². The summed E-state index contributed by atoms with van der Waals surface area (Å²) in [5.74, 6) is 0.753. The highest BCUT2D eigenvalue weighted by Gasteiger charge is 2.31. The van der Waals surface area contributed by atoms with E-state index >= 15 is 0 Å². The van der Waals surface area contributed by atoms with Gasteiger partial charge in [0.15, 0.2) is 11.2 Å². The van der Waals surface area contributed by atoms with E-state index in [9.17, 15) is 0 Å². The smallest absolute Gasteiger partial charge is 0.159 e. The number of fused-ring (bicyclic) bond motifs is 16. The predicted molar refractivity (Wildman–Crippen MR) is 409 cm³/mol. The van der Waals surface area contributed by atoms with Crippen LogP contribution in [0.3, 0.4) is 0 Å². The molecule has 0 aliphatic rings. The number of aromatic nitrogens is 2. The van der Waals surface area contributed by atoms with E-state index in [0.717, 1.165) is 101 Å². The van der Waals surface area contributed by atoms with Crippen LogP contribution in [0, 0.1) is 0 Å². The zero-order valence-corrected chi connectivity index (χ0v) is 52.9. The maximum absolute atomic E-state index is 6.67. The van der Waals surface area contributed by atoms with E-state index in [2.05, 4.69) is 335 Å². The maximum atomic E-state index is 6.67. The lowest BCUT2D eigenvalue weighted by molar-refractivity contribution is 0.604. The van der Waals surface area contributed by atoms with Crippen molar-refractivity contribution in [2.24, 2.45) is 0 Å². The molecule has 20 rings (SSSR count). The molecular formula is C91H58N4O2. The van der Waals surface area contributed by atoms with Crippen LogP contribution in [0.4, 0.5) is 34.1 Å². The molecule has 0 N–H and O–H groups in total. The number of allylic oxidation sites excluding steroid dienone is 1. The number of furan rings is 2. The Kier molecular flexibility index (Phi) is 12.0. The minimum absolute atomic E-state index is 0.753. The molecule has 6 heteroatoms. The van der Waals surface area contributed by atoms with Crippen LogP contribution in [0.25, 0.3) is 166 Å². The van der Waals surface area contributed by atoms with E-state index in [0.29, 0.717) is 0 Å². The molecule has 0 saturated heterocycles. The van der Waals surface area contributed by atoms with Crippen molar-refractivity contribution in [2.45, 2.75) is 6.92 Å². The lowest BCUT2D eigenvalue weighted by atomic mass is 9.89. The Morgan fingerprint density at radius 1 is 0.320 bits per heavy atom. The number of para-hydroxylation sites is 7. The quantitative estimate of drug-likeness (QED) is 0.122. The molecule has 454 valence electrons. The topological polar surface area (TPSA) is 41.6 Å². The fourth-order valence-electron chi connectivity index (χ4n) is 16.2. The Labute approximate surface area is 558 Å². The summed E-state index contributed by atoms with van der Waals surface area (Å²) in [5.41, 5.74) is 26.2. The third-order valence-corrected chi connectivity index (χ3v) is 20.2. The average Bonchev–Trinajstić information content (AvgIpc) is 1.50. The van der Waals surface area contributed by atoms with E-state index in [1.54, 1.807) is 6.08 Å². The first-order chi connectivity index (χ1) is 48.1. The van der Waals surface area contributed by atoms with Crippen LogP contribution in [-0.4, -0.2) is 8.80 Å². The van der Waals surface area contributed by atoms with Gasteiger partial charge in [-0.15, -0.1) is 0 Å². The molecule has 97 heavy (non-hydrogen) atoms. The number of anilines is 6. The summed E-state index contributed by atoms with van der Waals surface area (Å²) in [4.78, 5) is 4.61. The molecule has 0 aliphatic carbocycles. The van der Waals surface area contributed by atoms with Crippen LogP contribution in [0.2, 0.25) is 0 Å². The molecule has 0 unspecified atom stereocenters. The molecule has 6 heterocycles. The van der Waals surface area contributed by atoms with E-state index in [-0.39, 0.29) is 0 Å². The van der Waals surface area contributed by atoms with Crippen LogP contribution in [0.15, 0.2) is 325 Å². The number of hydrogen-bond acceptors (Lipinski definition) is 4. The zero-order valence-electron chi connectivity index (χ0n) is 52.9. The van der Waals surface area contributed by atoms with Crippen molar-refractivity contribution in [3.8, 4) is 44.5 Å². The number of nitrogens with zero attached hydrogens (tertiary/aromatic N) is 4. The molecule has 6 aromatic heterocycles. The maximum Gasteiger partial charge on any atom is 0.159 e. The van der Waals surface area contributed by atoms with Gasteiger partial charge >= 0.3 is 0 Å². The highest BCUT2D eigenvalue weighted by Crippen LogP contribution is 2.55. The predicted octanol–water partition coefficient (Wildman–Crippen LogP) is 25.9. The molecule has 0 amide bonds. The molecule has 20 aromatic rings. The molecule has 0 fully saturated rings. The van der Waals surface area contributed by atoms with Crippen LogP contribution in [0.5, 0.6) is 0 Å². The molecule has 6 nitrogen and oxygen atoms in total. The molecule has 0 spiro atoms. The van der Waals surface area contributed by atoms with Gasteiger partial charge in [0.2, 0.25) is 0 Å². The minimum Gasteiger partial charge on any atom is -0.454 e. The molecule has 0 bridgehead atoms. The van der Waals surface area contributed by atoms with Crippen molar-refractivity contribution in [1.29, 1.82) is 0 Å². The van der Waals surface area contributed by atoms with Gasteiger partial charge in [0, 0.05) is 98.7 Å². The van der Waals surface area contributed by atoms with E-state index < -0.39 is 0 Å².